The quantitative estimate of drug-likeness (QED) is 0.413. The Labute approximate surface area is 164 Å². The number of nitrogens with zero attached hydrogens (tertiary/aromatic N) is 1. The van der Waals surface area contributed by atoms with Gasteiger partial charge in [-0.1, -0.05) is 27.7 Å². The molecular formula is C19H43NO4Si2. The molecule has 0 aliphatic rings. The third kappa shape index (κ3) is 9.64. The highest BCUT2D eigenvalue weighted by atomic mass is 28.4. The van der Waals surface area contributed by atoms with Crippen molar-refractivity contribution >= 4 is 22.8 Å². The maximum absolute atomic E-state index is 12.3. The Hall–Kier alpha value is -0.216. The van der Waals surface area contributed by atoms with Crippen molar-refractivity contribution in [2.24, 2.45) is 0 Å². The molecule has 5 nitrogen and oxygen atoms in total. The lowest BCUT2D eigenvalue weighted by Crippen LogP contribution is -2.43. The lowest BCUT2D eigenvalue weighted by Gasteiger charge is -2.35. The van der Waals surface area contributed by atoms with Crippen molar-refractivity contribution in [2.45, 2.75) is 85.1 Å². The van der Waals surface area contributed by atoms with Gasteiger partial charge in [0, 0.05) is 19.8 Å². The predicted octanol–water partition coefficient (Wildman–Crippen LogP) is 4.78. The zero-order valence-electron chi connectivity index (χ0n) is 18.7. The molecular weight excluding hydrogens is 362 g/mol. The molecule has 0 N–H and O–H groups in total. The Morgan fingerprint density at radius 1 is 0.962 bits per heavy atom. The van der Waals surface area contributed by atoms with E-state index in [1.54, 1.807) is 0 Å². The molecule has 0 aromatic heterocycles. The highest BCUT2D eigenvalue weighted by Gasteiger charge is 2.40. The summed E-state index contributed by atoms with van der Waals surface area (Å²) >= 11 is 0. The summed E-state index contributed by atoms with van der Waals surface area (Å²) in [5, 5.41) is 0.0563. The molecule has 0 amide bonds. The third-order valence-electron chi connectivity index (χ3n) is 5.26. The van der Waals surface area contributed by atoms with Crippen LogP contribution in [0.3, 0.4) is 0 Å². The van der Waals surface area contributed by atoms with E-state index in [0.29, 0.717) is 19.6 Å². The molecule has 0 unspecified atom stereocenters. The SMILES string of the molecule is CCO[Si](C)(CCCN(CC)CCC(=O)O[Si](C)(C)C(C)(C)C)OCC. The van der Waals surface area contributed by atoms with E-state index in [-0.39, 0.29) is 11.0 Å². The molecule has 0 bridgehead atoms. The summed E-state index contributed by atoms with van der Waals surface area (Å²) in [6.45, 7) is 23.1. The van der Waals surface area contributed by atoms with Gasteiger partial charge in [-0.2, -0.15) is 0 Å². The summed E-state index contributed by atoms with van der Waals surface area (Å²) in [6, 6.07) is 0.986. The van der Waals surface area contributed by atoms with Gasteiger partial charge in [-0.25, -0.2) is 0 Å². The fourth-order valence-corrected chi connectivity index (χ4v) is 5.96. The standard InChI is InChI=1S/C19H43NO4Si2/c1-10-20(15-13-17-26(9,22-11-2)23-12-3)16-14-18(21)24-25(7,8)19(4,5)6/h10-17H2,1-9H3. The predicted molar refractivity (Wildman–Crippen MR) is 114 cm³/mol. The van der Waals surface area contributed by atoms with E-state index in [4.69, 9.17) is 13.3 Å². The van der Waals surface area contributed by atoms with Gasteiger partial charge in [-0.15, -0.1) is 0 Å². The smallest absolute Gasteiger partial charge is 0.334 e. The molecule has 0 fully saturated rings. The van der Waals surface area contributed by atoms with Crippen molar-refractivity contribution in [3.05, 3.63) is 0 Å². The average Bonchev–Trinajstić information content (AvgIpc) is 2.49. The minimum Gasteiger partial charge on any atom is -0.519 e. The average molecular weight is 406 g/mol. The minimum atomic E-state index is -2.04. The Balaban J connectivity index is 4.37. The van der Waals surface area contributed by atoms with Crippen molar-refractivity contribution in [1.82, 2.24) is 4.90 Å². The topological polar surface area (TPSA) is 48.0 Å². The van der Waals surface area contributed by atoms with Gasteiger partial charge in [-0.3, -0.25) is 4.79 Å². The van der Waals surface area contributed by atoms with Crippen LogP contribution in [0, 0.1) is 0 Å². The number of hydrogen-bond donors (Lipinski definition) is 0. The van der Waals surface area contributed by atoms with E-state index >= 15 is 0 Å². The number of carbonyl (C=O) groups is 1. The van der Waals surface area contributed by atoms with E-state index in [1.165, 1.54) is 0 Å². The first-order valence-corrected chi connectivity index (χ1v) is 15.6. The molecule has 0 aromatic carbocycles. The molecule has 26 heavy (non-hydrogen) atoms. The van der Waals surface area contributed by atoms with E-state index in [0.717, 1.165) is 32.1 Å². The van der Waals surface area contributed by atoms with Crippen molar-refractivity contribution < 1.29 is 18.1 Å². The molecule has 7 heteroatoms. The maximum Gasteiger partial charge on any atom is 0.334 e. The summed E-state index contributed by atoms with van der Waals surface area (Å²) in [4.78, 5) is 14.6. The Bertz CT molecular complexity index is 405. The van der Waals surface area contributed by atoms with Crippen molar-refractivity contribution in [3.63, 3.8) is 0 Å². The summed E-state index contributed by atoms with van der Waals surface area (Å²) in [7, 11) is -4.05. The van der Waals surface area contributed by atoms with E-state index < -0.39 is 16.9 Å². The molecule has 0 aliphatic carbocycles. The molecule has 0 saturated heterocycles. The van der Waals surface area contributed by atoms with Crippen LogP contribution < -0.4 is 0 Å². The fourth-order valence-electron chi connectivity index (χ4n) is 2.59. The van der Waals surface area contributed by atoms with Crippen LogP contribution in [0.4, 0.5) is 0 Å². The zero-order valence-corrected chi connectivity index (χ0v) is 20.7. The summed E-state index contributed by atoms with van der Waals surface area (Å²) in [6.07, 6.45) is 1.50. The number of rotatable bonds is 13. The van der Waals surface area contributed by atoms with Gasteiger partial charge >= 0.3 is 8.56 Å². The molecule has 0 rings (SSSR count). The maximum atomic E-state index is 12.3. The van der Waals surface area contributed by atoms with Gasteiger partial charge in [-0.05, 0) is 64.1 Å². The van der Waals surface area contributed by atoms with Crippen LogP contribution in [0.5, 0.6) is 0 Å². The zero-order chi connectivity index (χ0) is 20.4. The van der Waals surface area contributed by atoms with E-state index in [9.17, 15) is 4.79 Å². The molecule has 156 valence electrons. The molecule has 0 atom stereocenters. The van der Waals surface area contributed by atoms with Crippen LogP contribution in [0.2, 0.25) is 30.7 Å². The Morgan fingerprint density at radius 2 is 1.50 bits per heavy atom. The third-order valence-corrected chi connectivity index (χ3v) is 12.7. The van der Waals surface area contributed by atoms with Crippen LogP contribution >= 0.6 is 0 Å². The second-order valence-corrected chi connectivity index (χ2v) is 16.6. The highest BCUT2D eigenvalue weighted by Crippen LogP contribution is 2.36. The molecule has 0 aliphatic heterocycles. The lowest BCUT2D eigenvalue weighted by molar-refractivity contribution is -0.135. The van der Waals surface area contributed by atoms with Crippen molar-refractivity contribution in [1.29, 1.82) is 0 Å². The van der Waals surface area contributed by atoms with Crippen molar-refractivity contribution in [2.75, 3.05) is 32.8 Å². The van der Waals surface area contributed by atoms with Crippen LogP contribution in [0.15, 0.2) is 0 Å². The van der Waals surface area contributed by atoms with E-state index in [2.05, 4.69) is 52.2 Å². The first-order valence-electron chi connectivity index (χ1n) is 10.1. The normalized spacial score (nSPS) is 13.3. The molecule has 0 spiro atoms. The van der Waals surface area contributed by atoms with Crippen LogP contribution in [-0.2, 0) is 18.1 Å². The molecule has 0 aromatic rings. The monoisotopic (exact) mass is 405 g/mol. The van der Waals surface area contributed by atoms with Gasteiger partial charge in [0.15, 0.2) is 0 Å². The fraction of sp³-hybridized carbons (Fsp3) is 0.947. The Morgan fingerprint density at radius 3 is 1.92 bits per heavy atom. The highest BCUT2D eigenvalue weighted by molar-refractivity contribution is 6.75. The summed E-state index contributed by atoms with van der Waals surface area (Å²) in [5.74, 6) is -0.0575. The van der Waals surface area contributed by atoms with Crippen LogP contribution in [0.25, 0.3) is 0 Å². The van der Waals surface area contributed by atoms with Crippen LogP contribution in [-0.4, -0.2) is 60.6 Å². The second-order valence-electron chi connectivity index (χ2n) is 8.52. The molecule has 0 heterocycles. The van der Waals surface area contributed by atoms with Crippen molar-refractivity contribution in [3.8, 4) is 0 Å². The first kappa shape index (κ1) is 25.8. The summed E-state index contributed by atoms with van der Waals surface area (Å²) in [5.41, 5.74) is 0. The molecule has 0 radical (unpaired) electrons. The number of carbonyl (C=O) groups excluding carboxylic acids is 1. The summed E-state index contributed by atoms with van der Waals surface area (Å²) < 4.78 is 17.7. The number of hydrogen-bond acceptors (Lipinski definition) is 5. The lowest BCUT2D eigenvalue weighted by atomic mass is 10.2. The van der Waals surface area contributed by atoms with Crippen LogP contribution in [0.1, 0.15) is 54.4 Å². The Kier molecular flexibility index (Phi) is 11.5. The van der Waals surface area contributed by atoms with Gasteiger partial charge in [0.2, 0.25) is 0 Å². The first-order chi connectivity index (χ1) is 11.9. The van der Waals surface area contributed by atoms with Gasteiger partial charge in [0.25, 0.3) is 14.3 Å². The minimum absolute atomic E-state index is 0.0563. The van der Waals surface area contributed by atoms with Gasteiger partial charge in [0.1, 0.15) is 0 Å². The van der Waals surface area contributed by atoms with Gasteiger partial charge < -0.3 is 18.2 Å². The second kappa shape index (κ2) is 11.6. The largest absolute Gasteiger partial charge is 0.519 e. The van der Waals surface area contributed by atoms with Gasteiger partial charge in [0.05, 0.1) is 6.42 Å². The molecule has 0 saturated carbocycles. The van der Waals surface area contributed by atoms with E-state index in [1.807, 2.05) is 13.8 Å².